The van der Waals surface area contributed by atoms with Crippen LogP contribution < -0.4 is 5.32 Å². The quantitative estimate of drug-likeness (QED) is 0.250. The van der Waals surface area contributed by atoms with Crippen LogP contribution in [0.4, 0.5) is 0 Å². The van der Waals surface area contributed by atoms with Gasteiger partial charge in [0, 0.05) is 0 Å². The Kier molecular flexibility index (Phi) is 16.2. The number of hydrogen-bond donors (Lipinski definition) is 2. The molecular formula is C22H41NO3. The molecule has 2 N–H and O–H groups in total. The Morgan fingerprint density at radius 1 is 0.885 bits per heavy atom. The SMILES string of the molecule is CCCCCCCCCCCCCC=CC(=O)N[C@@H](CC(C)C)C(=O)O. The summed E-state index contributed by atoms with van der Waals surface area (Å²) in [5.41, 5.74) is 0. The predicted molar refractivity (Wildman–Crippen MR) is 109 cm³/mol. The predicted octanol–water partition coefficient (Wildman–Crippen LogP) is 5.86. The van der Waals surface area contributed by atoms with Gasteiger partial charge in [0.25, 0.3) is 0 Å². The van der Waals surface area contributed by atoms with Gasteiger partial charge in [-0.05, 0) is 31.3 Å². The lowest BCUT2D eigenvalue weighted by Crippen LogP contribution is -2.40. The summed E-state index contributed by atoms with van der Waals surface area (Å²) >= 11 is 0. The molecule has 0 aliphatic rings. The number of carboxylic acid groups (broad SMARTS) is 1. The van der Waals surface area contributed by atoms with Crippen LogP contribution in [0.25, 0.3) is 0 Å². The molecular weight excluding hydrogens is 326 g/mol. The Morgan fingerprint density at radius 3 is 1.85 bits per heavy atom. The van der Waals surface area contributed by atoms with Crippen LogP contribution in [0.1, 0.15) is 104 Å². The van der Waals surface area contributed by atoms with Crippen LogP contribution in [0.5, 0.6) is 0 Å². The van der Waals surface area contributed by atoms with E-state index < -0.39 is 12.0 Å². The van der Waals surface area contributed by atoms with Crippen molar-refractivity contribution < 1.29 is 14.7 Å². The Bertz CT molecular complexity index is 391. The summed E-state index contributed by atoms with van der Waals surface area (Å²) in [7, 11) is 0. The molecule has 1 amide bonds. The van der Waals surface area contributed by atoms with Gasteiger partial charge in [-0.2, -0.15) is 0 Å². The zero-order valence-electron chi connectivity index (χ0n) is 17.3. The molecule has 0 unspecified atom stereocenters. The monoisotopic (exact) mass is 367 g/mol. The van der Waals surface area contributed by atoms with E-state index in [4.69, 9.17) is 5.11 Å². The van der Waals surface area contributed by atoms with Crippen LogP contribution in [0.3, 0.4) is 0 Å². The van der Waals surface area contributed by atoms with E-state index in [-0.39, 0.29) is 11.8 Å². The standard InChI is InChI=1S/C22H41NO3/c1-4-5-6-7-8-9-10-11-12-13-14-15-16-17-21(24)23-20(22(25)26)18-19(2)3/h16-17,19-20H,4-15,18H2,1-3H3,(H,23,24)(H,25,26)/t20-/m0/s1. The zero-order chi connectivity index (χ0) is 19.6. The third-order valence-electron chi connectivity index (χ3n) is 4.57. The molecule has 0 heterocycles. The van der Waals surface area contributed by atoms with Gasteiger partial charge in [-0.15, -0.1) is 0 Å². The third kappa shape index (κ3) is 16.2. The lowest BCUT2D eigenvalue weighted by Gasteiger charge is -2.15. The first-order valence-corrected chi connectivity index (χ1v) is 10.7. The fourth-order valence-electron chi connectivity index (χ4n) is 3.03. The first kappa shape index (κ1) is 24.7. The zero-order valence-corrected chi connectivity index (χ0v) is 17.3. The van der Waals surface area contributed by atoms with E-state index in [0.29, 0.717) is 6.42 Å². The molecule has 0 aromatic heterocycles. The number of aliphatic carboxylic acids is 1. The minimum Gasteiger partial charge on any atom is -0.480 e. The number of nitrogens with one attached hydrogen (secondary N) is 1. The molecule has 0 aromatic rings. The summed E-state index contributed by atoms with van der Waals surface area (Å²) in [6.45, 7) is 6.15. The molecule has 0 saturated heterocycles. The summed E-state index contributed by atoms with van der Waals surface area (Å²) in [6.07, 6.45) is 19.1. The summed E-state index contributed by atoms with van der Waals surface area (Å²) in [5.74, 6) is -1.04. The van der Waals surface area contributed by atoms with Crippen molar-refractivity contribution in [3.05, 3.63) is 12.2 Å². The van der Waals surface area contributed by atoms with Crippen molar-refractivity contribution in [1.29, 1.82) is 0 Å². The Balaban J connectivity index is 3.59. The smallest absolute Gasteiger partial charge is 0.326 e. The average Bonchev–Trinajstić information content (AvgIpc) is 2.58. The molecule has 4 nitrogen and oxygen atoms in total. The summed E-state index contributed by atoms with van der Waals surface area (Å²) in [4.78, 5) is 22.9. The minimum atomic E-state index is -0.967. The lowest BCUT2D eigenvalue weighted by atomic mass is 10.0. The van der Waals surface area contributed by atoms with E-state index >= 15 is 0 Å². The Morgan fingerprint density at radius 2 is 1.38 bits per heavy atom. The maximum Gasteiger partial charge on any atom is 0.326 e. The largest absolute Gasteiger partial charge is 0.480 e. The van der Waals surface area contributed by atoms with Crippen molar-refractivity contribution in [3.63, 3.8) is 0 Å². The topological polar surface area (TPSA) is 66.4 Å². The number of carbonyl (C=O) groups excluding carboxylic acids is 1. The van der Waals surface area contributed by atoms with Gasteiger partial charge in [0.2, 0.25) is 5.91 Å². The number of carbonyl (C=O) groups is 2. The maximum atomic E-state index is 11.8. The highest BCUT2D eigenvalue weighted by Gasteiger charge is 2.19. The fourth-order valence-corrected chi connectivity index (χ4v) is 3.03. The summed E-state index contributed by atoms with van der Waals surface area (Å²) in [6, 6.07) is -0.797. The van der Waals surface area contributed by atoms with Crippen LogP contribution in [-0.4, -0.2) is 23.0 Å². The van der Waals surface area contributed by atoms with Crippen molar-refractivity contribution in [2.45, 2.75) is 110 Å². The summed E-state index contributed by atoms with van der Waals surface area (Å²) in [5, 5.41) is 11.7. The highest BCUT2D eigenvalue weighted by atomic mass is 16.4. The molecule has 0 bridgehead atoms. The molecule has 0 aromatic carbocycles. The molecule has 0 rings (SSSR count). The van der Waals surface area contributed by atoms with Gasteiger partial charge in [-0.3, -0.25) is 4.79 Å². The van der Waals surface area contributed by atoms with Crippen molar-refractivity contribution >= 4 is 11.9 Å². The van der Waals surface area contributed by atoms with Crippen LogP contribution in [0.15, 0.2) is 12.2 Å². The van der Waals surface area contributed by atoms with E-state index in [1.807, 2.05) is 19.9 Å². The minimum absolute atomic E-state index is 0.233. The normalized spacial score (nSPS) is 12.6. The van der Waals surface area contributed by atoms with Gasteiger partial charge in [0.05, 0.1) is 0 Å². The highest BCUT2D eigenvalue weighted by Crippen LogP contribution is 2.12. The molecule has 0 spiro atoms. The molecule has 0 aliphatic heterocycles. The van der Waals surface area contributed by atoms with Crippen LogP contribution in [-0.2, 0) is 9.59 Å². The van der Waals surface area contributed by atoms with Crippen molar-refractivity contribution in [3.8, 4) is 0 Å². The average molecular weight is 368 g/mol. The van der Waals surface area contributed by atoms with Gasteiger partial charge in [0.1, 0.15) is 6.04 Å². The number of allylic oxidation sites excluding steroid dienone is 1. The first-order valence-electron chi connectivity index (χ1n) is 10.7. The second-order valence-corrected chi connectivity index (χ2v) is 7.76. The summed E-state index contributed by atoms with van der Waals surface area (Å²) < 4.78 is 0. The van der Waals surface area contributed by atoms with Gasteiger partial charge in [0.15, 0.2) is 0 Å². The van der Waals surface area contributed by atoms with E-state index in [2.05, 4.69) is 12.2 Å². The van der Waals surface area contributed by atoms with Crippen LogP contribution in [0.2, 0.25) is 0 Å². The second kappa shape index (κ2) is 17.1. The third-order valence-corrected chi connectivity index (χ3v) is 4.57. The fraction of sp³-hybridized carbons (Fsp3) is 0.818. The first-order chi connectivity index (χ1) is 12.5. The number of unbranched alkanes of at least 4 members (excludes halogenated alkanes) is 11. The molecule has 0 aliphatic carbocycles. The maximum absolute atomic E-state index is 11.8. The Hall–Kier alpha value is -1.32. The van der Waals surface area contributed by atoms with E-state index in [9.17, 15) is 9.59 Å². The second-order valence-electron chi connectivity index (χ2n) is 7.76. The molecule has 1 atom stereocenters. The van der Waals surface area contributed by atoms with E-state index in [1.54, 1.807) is 0 Å². The Labute approximate surface area is 160 Å². The van der Waals surface area contributed by atoms with Gasteiger partial charge in [-0.25, -0.2) is 4.79 Å². The molecule has 0 saturated carbocycles. The lowest BCUT2D eigenvalue weighted by molar-refractivity contribution is -0.141. The highest BCUT2D eigenvalue weighted by molar-refractivity contribution is 5.91. The van der Waals surface area contributed by atoms with Crippen molar-refractivity contribution in [2.24, 2.45) is 5.92 Å². The van der Waals surface area contributed by atoms with Crippen LogP contribution in [0, 0.1) is 5.92 Å². The van der Waals surface area contributed by atoms with Crippen molar-refractivity contribution in [1.82, 2.24) is 5.32 Å². The number of hydrogen-bond acceptors (Lipinski definition) is 2. The molecule has 4 heteroatoms. The molecule has 0 radical (unpaired) electrons. The molecule has 0 fully saturated rings. The van der Waals surface area contributed by atoms with Crippen molar-refractivity contribution in [2.75, 3.05) is 0 Å². The van der Waals surface area contributed by atoms with E-state index in [0.717, 1.165) is 12.8 Å². The van der Waals surface area contributed by atoms with Gasteiger partial charge in [-0.1, -0.05) is 91.1 Å². The van der Waals surface area contributed by atoms with Crippen LogP contribution >= 0.6 is 0 Å². The number of amides is 1. The van der Waals surface area contributed by atoms with Gasteiger partial charge < -0.3 is 10.4 Å². The van der Waals surface area contributed by atoms with E-state index in [1.165, 1.54) is 70.3 Å². The number of carboxylic acids is 1. The molecule has 152 valence electrons. The number of rotatable bonds is 17. The molecule has 26 heavy (non-hydrogen) atoms. The van der Waals surface area contributed by atoms with Gasteiger partial charge >= 0.3 is 5.97 Å².